The maximum absolute atomic E-state index is 5.93. The van der Waals surface area contributed by atoms with Crippen LogP contribution in [-0.2, 0) is 0 Å². The molecule has 0 aliphatic rings. The van der Waals surface area contributed by atoms with Gasteiger partial charge in [-0.3, -0.25) is 0 Å². The molecule has 0 spiro atoms. The van der Waals surface area contributed by atoms with Crippen LogP contribution in [0.5, 0.6) is 5.75 Å². The van der Waals surface area contributed by atoms with Gasteiger partial charge in [-0.05, 0) is 29.9 Å². The highest BCUT2D eigenvalue weighted by Crippen LogP contribution is 2.34. The number of ether oxygens (including phenoxy) is 1. The molecule has 2 N–H and O–H groups in total. The van der Waals surface area contributed by atoms with Gasteiger partial charge in [0.25, 0.3) is 0 Å². The molecule has 0 aromatic heterocycles. The Hall–Kier alpha value is -1.02. The SMILES string of the molecule is CC(N)COc1c(C(C)C)cccc1C(C)C. The Bertz CT molecular complexity index is 330. The molecule has 0 saturated carbocycles. The van der Waals surface area contributed by atoms with Crippen molar-refractivity contribution in [2.45, 2.75) is 52.5 Å². The first kappa shape index (κ1) is 14.0. The van der Waals surface area contributed by atoms with Crippen molar-refractivity contribution in [3.05, 3.63) is 29.3 Å². The standard InChI is InChI=1S/C15H25NO/c1-10(2)13-7-6-8-14(11(3)4)15(13)17-9-12(5)16/h6-8,10-12H,9,16H2,1-5H3. The highest BCUT2D eigenvalue weighted by molar-refractivity contribution is 5.44. The van der Waals surface area contributed by atoms with Gasteiger partial charge in [-0.1, -0.05) is 45.9 Å². The second kappa shape index (κ2) is 6.06. The van der Waals surface area contributed by atoms with E-state index < -0.39 is 0 Å². The lowest BCUT2D eigenvalue weighted by molar-refractivity contribution is 0.288. The maximum atomic E-state index is 5.93. The normalized spacial score (nSPS) is 13.2. The Labute approximate surface area is 105 Å². The molecule has 0 saturated heterocycles. The van der Waals surface area contributed by atoms with Crippen molar-refractivity contribution >= 4 is 0 Å². The summed E-state index contributed by atoms with van der Waals surface area (Å²) in [6, 6.07) is 6.47. The summed E-state index contributed by atoms with van der Waals surface area (Å²) in [6.07, 6.45) is 0. The van der Waals surface area contributed by atoms with Crippen molar-refractivity contribution in [2.75, 3.05) is 6.61 Å². The fraction of sp³-hybridized carbons (Fsp3) is 0.600. The van der Waals surface area contributed by atoms with E-state index in [-0.39, 0.29) is 6.04 Å². The summed E-state index contributed by atoms with van der Waals surface area (Å²) in [5.74, 6) is 1.98. The molecule has 1 aromatic carbocycles. The molecule has 1 rings (SSSR count). The minimum absolute atomic E-state index is 0.0650. The van der Waals surface area contributed by atoms with Crippen LogP contribution in [0.3, 0.4) is 0 Å². The maximum Gasteiger partial charge on any atom is 0.126 e. The van der Waals surface area contributed by atoms with Crippen molar-refractivity contribution in [3.8, 4) is 5.75 Å². The van der Waals surface area contributed by atoms with E-state index in [0.717, 1.165) is 5.75 Å². The second-order valence-electron chi connectivity index (χ2n) is 5.36. The predicted octanol–water partition coefficient (Wildman–Crippen LogP) is 3.66. The van der Waals surface area contributed by atoms with Gasteiger partial charge >= 0.3 is 0 Å². The van der Waals surface area contributed by atoms with Crippen molar-refractivity contribution in [3.63, 3.8) is 0 Å². The lowest BCUT2D eigenvalue weighted by Crippen LogP contribution is -2.24. The molecular weight excluding hydrogens is 210 g/mol. The molecule has 0 aliphatic carbocycles. The van der Waals surface area contributed by atoms with Crippen LogP contribution in [0.1, 0.15) is 57.6 Å². The molecule has 0 amide bonds. The molecule has 1 unspecified atom stereocenters. The zero-order chi connectivity index (χ0) is 13.0. The van der Waals surface area contributed by atoms with Crippen LogP contribution in [0, 0.1) is 0 Å². The molecule has 2 heteroatoms. The summed E-state index contributed by atoms with van der Waals surface area (Å²) in [5.41, 5.74) is 8.32. The van der Waals surface area contributed by atoms with E-state index in [1.807, 2.05) is 6.92 Å². The molecule has 1 atom stereocenters. The number of hydrogen-bond acceptors (Lipinski definition) is 2. The van der Waals surface area contributed by atoms with Gasteiger partial charge in [-0.2, -0.15) is 0 Å². The highest BCUT2D eigenvalue weighted by atomic mass is 16.5. The topological polar surface area (TPSA) is 35.2 Å². The van der Waals surface area contributed by atoms with Crippen LogP contribution in [0.15, 0.2) is 18.2 Å². The van der Waals surface area contributed by atoms with Gasteiger partial charge in [0.1, 0.15) is 12.4 Å². The quantitative estimate of drug-likeness (QED) is 0.845. The Kier molecular flexibility index (Phi) is 5.01. The van der Waals surface area contributed by atoms with Crippen molar-refractivity contribution < 1.29 is 4.74 Å². The van der Waals surface area contributed by atoms with E-state index in [0.29, 0.717) is 18.4 Å². The van der Waals surface area contributed by atoms with E-state index in [1.165, 1.54) is 11.1 Å². The number of rotatable bonds is 5. The third kappa shape index (κ3) is 3.74. The predicted molar refractivity (Wildman–Crippen MR) is 73.8 cm³/mol. The Morgan fingerprint density at radius 1 is 1.00 bits per heavy atom. The zero-order valence-electron chi connectivity index (χ0n) is 11.7. The smallest absolute Gasteiger partial charge is 0.126 e. The summed E-state index contributed by atoms with van der Waals surface area (Å²) in [5, 5.41) is 0. The van der Waals surface area contributed by atoms with Gasteiger partial charge in [-0.25, -0.2) is 0 Å². The molecule has 0 aliphatic heterocycles. The lowest BCUT2D eigenvalue weighted by atomic mass is 9.94. The first-order valence-electron chi connectivity index (χ1n) is 6.44. The molecule has 0 heterocycles. The minimum Gasteiger partial charge on any atom is -0.491 e. The van der Waals surface area contributed by atoms with Gasteiger partial charge < -0.3 is 10.5 Å². The van der Waals surface area contributed by atoms with E-state index in [4.69, 9.17) is 10.5 Å². The van der Waals surface area contributed by atoms with E-state index in [9.17, 15) is 0 Å². The monoisotopic (exact) mass is 235 g/mol. The molecule has 2 nitrogen and oxygen atoms in total. The average molecular weight is 235 g/mol. The fourth-order valence-corrected chi connectivity index (χ4v) is 1.86. The molecule has 96 valence electrons. The van der Waals surface area contributed by atoms with Crippen LogP contribution in [0.25, 0.3) is 0 Å². The van der Waals surface area contributed by atoms with Crippen LogP contribution >= 0.6 is 0 Å². The van der Waals surface area contributed by atoms with Crippen molar-refractivity contribution in [1.29, 1.82) is 0 Å². The van der Waals surface area contributed by atoms with E-state index in [2.05, 4.69) is 45.9 Å². The van der Waals surface area contributed by atoms with Crippen molar-refractivity contribution in [1.82, 2.24) is 0 Å². The van der Waals surface area contributed by atoms with Crippen LogP contribution < -0.4 is 10.5 Å². The first-order valence-corrected chi connectivity index (χ1v) is 6.44. The van der Waals surface area contributed by atoms with E-state index >= 15 is 0 Å². The fourth-order valence-electron chi connectivity index (χ4n) is 1.86. The molecule has 0 fully saturated rings. The Morgan fingerprint density at radius 2 is 1.47 bits per heavy atom. The summed E-state index contributed by atoms with van der Waals surface area (Å²) in [4.78, 5) is 0. The van der Waals surface area contributed by atoms with Crippen LogP contribution in [0.2, 0.25) is 0 Å². The molecule has 17 heavy (non-hydrogen) atoms. The number of hydrogen-bond donors (Lipinski definition) is 1. The molecule has 0 bridgehead atoms. The lowest BCUT2D eigenvalue weighted by Gasteiger charge is -2.20. The van der Waals surface area contributed by atoms with E-state index in [1.54, 1.807) is 0 Å². The summed E-state index contributed by atoms with van der Waals surface area (Å²) < 4.78 is 5.93. The summed E-state index contributed by atoms with van der Waals surface area (Å²) in [7, 11) is 0. The third-order valence-electron chi connectivity index (χ3n) is 2.81. The van der Waals surface area contributed by atoms with Gasteiger partial charge in [0, 0.05) is 6.04 Å². The zero-order valence-corrected chi connectivity index (χ0v) is 11.7. The van der Waals surface area contributed by atoms with Crippen LogP contribution in [-0.4, -0.2) is 12.6 Å². The third-order valence-corrected chi connectivity index (χ3v) is 2.81. The largest absolute Gasteiger partial charge is 0.491 e. The Morgan fingerprint density at radius 3 is 1.82 bits per heavy atom. The first-order chi connectivity index (χ1) is 7.93. The average Bonchev–Trinajstić information content (AvgIpc) is 2.25. The number of para-hydroxylation sites is 1. The highest BCUT2D eigenvalue weighted by Gasteiger charge is 2.15. The molecule has 0 radical (unpaired) electrons. The number of nitrogens with two attached hydrogens (primary N) is 1. The second-order valence-corrected chi connectivity index (χ2v) is 5.36. The molecule has 1 aromatic rings. The minimum atomic E-state index is 0.0650. The summed E-state index contributed by atoms with van der Waals surface area (Å²) >= 11 is 0. The number of benzene rings is 1. The van der Waals surface area contributed by atoms with Gasteiger partial charge in [0.2, 0.25) is 0 Å². The van der Waals surface area contributed by atoms with Crippen molar-refractivity contribution in [2.24, 2.45) is 5.73 Å². The van der Waals surface area contributed by atoms with Crippen LogP contribution in [0.4, 0.5) is 0 Å². The van der Waals surface area contributed by atoms with Gasteiger partial charge in [0.05, 0.1) is 0 Å². The Balaban J connectivity index is 3.09. The molecular formula is C15H25NO. The van der Waals surface area contributed by atoms with Gasteiger partial charge in [0.15, 0.2) is 0 Å². The van der Waals surface area contributed by atoms with Gasteiger partial charge in [-0.15, -0.1) is 0 Å². The summed E-state index contributed by atoms with van der Waals surface area (Å²) in [6.45, 7) is 11.3.